The SMILES string of the molecule is CCCNCc1cn(CC(=O)N(C)c2ccccc2)nn1. The van der Waals surface area contributed by atoms with Crippen LogP contribution in [0, 0.1) is 0 Å². The van der Waals surface area contributed by atoms with Crippen LogP contribution in [0.1, 0.15) is 19.0 Å². The Bertz CT molecular complexity index is 566. The van der Waals surface area contributed by atoms with E-state index in [1.54, 1.807) is 22.8 Å². The van der Waals surface area contributed by atoms with Gasteiger partial charge in [-0.2, -0.15) is 0 Å². The molecule has 0 spiro atoms. The number of carbonyl (C=O) groups is 1. The number of hydrogen-bond donors (Lipinski definition) is 1. The summed E-state index contributed by atoms with van der Waals surface area (Å²) in [6.45, 7) is 3.92. The van der Waals surface area contributed by atoms with E-state index in [0.717, 1.165) is 24.3 Å². The van der Waals surface area contributed by atoms with E-state index in [-0.39, 0.29) is 12.5 Å². The first-order chi connectivity index (χ1) is 10.2. The van der Waals surface area contributed by atoms with Crippen LogP contribution in [0.3, 0.4) is 0 Å². The minimum atomic E-state index is -0.0285. The Morgan fingerprint density at radius 3 is 2.81 bits per heavy atom. The van der Waals surface area contributed by atoms with E-state index in [0.29, 0.717) is 6.54 Å². The molecule has 0 atom stereocenters. The number of nitrogens with zero attached hydrogens (tertiary/aromatic N) is 4. The highest BCUT2D eigenvalue weighted by Gasteiger charge is 2.12. The fourth-order valence-electron chi connectivity index (χ4n) is 1.93. The van der Waals surface area contributed by atoms with Gasteiger partial charge in [0.1, 0.15) is 6.54 Å². The van der Waals surface area contributed by atoms with Crippen molar-refractivity contribution in [2.24, 2.45) is 0 Å². The lowest BCUT2D eigenvalue weighted by atomic mass is 10.3. The molecule has 0 aliphatic carbocycles. The van der Waals surface area contributed by atoms with Crippen LogP contribution in [-0.4, -0.2) is 34.5 Å². The summed E-state index contributed by atoms with van der Waals surface area (Å²) in [4.78, 5) is 13.8. The Morgan fingerprint density at radius 2 is 2.10 bits per heavy atom. The molecule has 1 N–H and O–H groups in total. The lowest BCUT2D eigenvalue weighted by molar-refractivity contribution is -0.119. The summed E-state index contributed by atoms with van der Waals surface area (Å²) < 4.78 is 1.57. The van der Waals surface area contributed by atoms with Crippen molar-refractivity contribution in [3.05, 3.63) is 42.2 Å². The van der Waals surface area contributed by atoms with Crippen molar-refractivity contribution in [1.29, 1.82) is 0 Å². The molecule has 112 valence electrons. The van der Waals surface area contributed by atoms with Crippen LogP contribution < -0.4 is 10.2 Å². The molecule has 0 aliphatic rings. The summed E-state index contributed by atoms with van der Waals surface area (Å²) in [5, 5.41) is 11.3. The normalized spacial score (nSPS) is 10.6. The van der Waals surface area contributed by atoms with Gasteiger partial charge in [0.05, 0.1) is 11.9 Å². The van der Waals surface area contributed by atoms with Gasteiger partial charge in [0.15, 0.2) is 0 Å². The zero-order valence-electron chi connectivity index (χ0n) is 12.5. The minimum absolute atomic E-state index is 0.0285. The Morgan fingerprint density at radius 1 is 1.33 bits per heavy atom. The third-order valence-corrected chi connectivity index (χ3v) is 3.13. The van der Waals surface area contributed by atoms with Gasteiger partial charge < -0.3 is 10.2 Å². The Balaban J connectivity index is 1.90. The van der Waals surface area contributed by atoms with Crippen molar-refractivity contribution in [2.45, 2.75) is 26.4 Å². The van der Waals surface area contributed by atoms with E-state index >= 15 is 0 Å². The largest absolute Gasteiger partial charge is 0.314 e. The lowest BCUT2D eigenvalue weighted by Crippen LogP contribution is -2.30. The van der Waals surface area contributed by atoms with Crippen LogP contribution in [0.4, 0.5) is 5.69 Å². The van der Waals surface area contributed by atoms with Gasteiger partial charge in [0, 0.05) is 19.3 Å². The van der Waals surface area contributed by atoms with Crippen LogP contribution in [-0.2, 0) is 17.9 Å². The molecule has 6 heteroatoms. The Hall–Kier alpha value is -2.21. The minimum Gasteiger partial charge on any atom is -0.314 e. The topological polar surface area (TPSA) is 63.1 Å². The molecule has 0 saturated carbocycles. The predicted octanol–water partition coefficient (Wildman–Crippen LogP) is 1.44. The number of hydrogen-bond acceptors (Lipinski definition) is 4. The van der Waals surface area contributed by atoms with Gasteiger partial charge in [-0.3, -0.25) is 4.79 Å². The predicted molar refractivity (Wildman–Crippen MR) is 81.9 cm³/mol. The maximum atomic E-state index is 12.2. The molecule has 1 heterocycles. The molecule has 1 aromatic heterocycles. The van der Waals surface area contributed by atoms with Crippen LogP contribution >= 0.6 is 0 Å². The maximum absolute atomic E-state index is 12.2. The van der Waals surface area contributed by atoms with Crippen molar-refractivity contribution >= 4 is 11.6 Å². The molecule has 21 heavy (non-hydrogen) atoms. The monoisotopic (exact) mass is 287 g/mol. The standard InChI is InChI=1S/C15H21N5O/c1-3-9-16-10-13-11-20(18-17-13)12-15(21)19(2)14-7-5-4-6-8-14/h4-8,11,16H,3,9-10,12H2,1-2H3. The smallest absolute Gasteiger partial charge is 0.248 e. The number of likely N-dealkylation sites (N-methyl/N-ethyl adjacent to an activating group) is 1. The molecule has 0 saturated heterocycles. The van der Waals surface area contributed by atoms with E-state index in [9.17, 15) is 4.79 Å². The zero-order chi connectivity index (χ0) is 15.1. The summed E-state index contributed by atoms with van der Waals surface area (Å²) in [5.74, 6) is -0.0285. The summed E-state index contributed by atoms with van der Waals surface area (Å²) in [6.07, 6.45) is 2.88. The Labute approximate surface area is 124 Å². The fraction of sp³-hybridized carbons (Fsp3) is 0.400. The molecular weight excluding hydrogens is 266 g/mol. The van der Waals surface area contributed by atoms with Crippen molar-refractivity contribution < 1.29 is 4.79 Å². The number of carbonyl (C=O) groups excluding carboxylic acids is 1. The molecule has 2 aromatic rings. The Kier molecular flexibility index (Phi) is 5.45. The van der Waals surface area contributed by atoms with Crippen LogP contribution in [0.5, 0.6) is 0 Å². The number of anilines is 1. The third-order valence-electron chi connectivity index (χ3n) is 3.13. The molecular formula is C15H21N5O. The number of rotatable bonds is 7. The summed E-state index contributed by atoms with van der Waals surface area (Å²) in [7, 11) is 1.76. The number of amides is 1. The van der Waals surface area contributed by atoms with Gasteiger partial charge in [0.25, 0.3) is 0 Å². The average molecular weight is 287 g/mol. The van der Waals surface area contributed by atoms with Gasteiger partial charge in [-0.25, -0.2) is 4.68 Å². The highest BCUT2D eigenvalue weighted by Crippen LogP contribution is 2.11. The van der Waals surface area contributed by atoms with Crippen molar-refractivity contribution in [3.8, 4) is 0 Å². The van der Waals surface area contributed by atoms with Gasteiger partial charge in [-0.05, 0) is 25.1 Å². The highest BCUT2D eigenvalue weighted by atomic mass is 16.2. The second kappa shape index (κ2) is 7.54. The van der Waals surface area contributed by atoms with Gasteiger partial charge >= 0.3 is 0 Å². The molecule has 0 bridgehead atoms. The van der Waals surface area contributed by atoms with E-state index < -0.39 is 0 Å². The second-order valence-electron chi connectivity index (χ2n) is 4.87. The molecule has 2 rings (SSSR count). The second-order valence-corrected chi connectivity index (χ2v) is 4.87. The number of aromatic nitrogens is 3. The van der Waals surface area contributed by atoms with E-state index in [1.165, 1.54) is 0 Å². The zero-order valence-corrected chi connectivity index (χ0v) is 12.5. The third kappa shape index (κ3) is 4.39. The summed E-state index contributed by atoms with van der Waals surface area (Å²) >= 11 is 0. The van der Waals surface area contributed by atoms with Crippen LogP contribution in [0.25, 0.3) is 0 Å². The molecule has 0 radical (unpaired) electrons. The molecule has 6 nitrogen and oxygen atoms in total. The van der Waals surface area contributed by atoms with Crippen LogP contribution in [0.15, 0.2) is 36.5 Å². The van der Waals surface area contributed by atoms with E-state index in [2.05, 4.69) is 22.6 Å². The first-order valence-corrected chi connectivity index (χ1v) is 7.12. The van der Waals surface area contributed by atoms with Crippen molar-refractivity contribution in [3.63, 3.8) is 0 Å². The highest BCUT2D eigenvalue weighted by molar-refractivity contribution is 5.92. The van der Waals surface area contributed by atoms with Crippen molar-refractivity contribution in [1.82, 2.24) is 20.3 Å². The number of para-hydroxylation sites is 1. The van der Waals surface area contributed by atoms with Gasteiger partial charge in [0.2, 0.25) is 5.91 Å². The molecule has 0 aliphatic heterocycles. The summed E-state index contributed by atoms with van der Waals surface area (Å²) in [5.41, 5.74) is 1.71. The van der Waals surface area contributed by atoms with E-state index in [4.69, 9.17) is 0 Å². The van der Waals surface area contributed by atoms with Crippen molar-refractivity contribution in [2.75, 3.05) is 18.5 Å². The molecule has 1 aromatic carbocycles. The first-order valence-electron chi connectivity index (χ1n) is 7.12. The first kappa shape index (κ1) is 15.2. The molecule has 1 amide bonds. The van der Waals surface area contributed by atoms with E-state index in [1.807, 2.05) is 30.3 Å². The number of nitrogens with one attached hydrogen (secondary N) is 1. The van der Waals surface area contributed by atoms with Gasteiger partial charge in [-0.15, -0.1) is 5.10 Å². The maximum Gasteiger partial charge on any atom is 0.248 e. The fourth-order valence-corrected chi connectivity index (χ4v) is 1.93. The molecule has 0 fully saturated rings. The van der Waals surface area contributed by atoms with Crippen LogP contribution in [0.2, 0.25) is 0 Å². The van der Waals surface area contributed by atoms with Gasteiger partial charge in [-0.1, -0.05) is 30.3 Å². The quantitative estimate of drug-likeness (QED) is 0.783. The summed E-state index contributed by atoms with van der Waals surface area (Å²) in [6, 6.07) is 9.55. The molecule has 0 unspecified atom stereocenters. The number of benzene rings is 1. The average Bonchev–Trinajstić information content (AvgIpc) is 2.95. The lowest BCUT2D eigenvalue weighted by Gasteiger charge is -2.16.